The molecule has 2 aromatic heterocycles. The Hall–Kier alpha value is -1.40. The fourth-order valence-corrected chi connectivity index (χ4v) is 1.37. The number of rotatable bonds is 2. The van der Waals surface area contributed by atoms with E-state index >= 15 is 0 Å². The lowest BCUT2D eigenvalue weighted by atomic mass is 10.5. The average Bonchev–Trinajstić information content (AvgIpc) is 2.65. The van der Waals surface area contributed by atoms with E-state index in [2.05, 4.69) is 15.2 Å². The van der Waals surface area contributed by atoms with Gasteiger partial charge < -0.3 is 4.52 Å². The molecule has 0 N–H and O–H groups in total. The van der Waals surface area contributed by atoms with E-state index in [1.165, 1.54) is 6.20 Å². The molecule has 0 bridgehead atoms. The molecule has 0 spiro atoms. The Bertz CT molecular complexity index is 578. The van der Waals surface area contributed by atoms with Crippen molar-refractivity contribution in [1.82, 2.24) is 19.9 Å². The van der Waals surface area contributed by atoms with Crippen molar-refractivity contribution in [3.63, 3.8) is 0 Å². The van der Waals surface area contributed by atoms with E-state index in [9.17, 15) is 4.79 Å². The summed E-state index contributed by atoms with van der Waals surface area (Å²) in [4.78, 5) is 15.5. The molecule has 16 heavy (non-hydrogen) atoms. The first-order chi connectivity index (χ1) is 7.58. The van der Waals surface area contributed by atoms with E-state index in [1.807, 2.05) is 0 Å². The average molecular weight is 261 g/mol. The van der Waals surface area contributed by atoms with E-state index in [0.717, 1.165) is 4.68 Å². The van der Waals surface area contributed by atoms with Crippen LogP contribution in [-0.2, 0) is 6.54 Å². The third kappa shape index (κ3) is 2.07. The third-order valence-electron chi connectivity index (χ3n) is 1.80. The van der Waals surface area contributed by atoms with Crippen LogP contribution in [0.3, 0.4) is 0 Å². The molecule has 0 saturated heterocycles. The number of hydrogen-bond acceptors (Lipinski definition) is 5. The van der Waals surface area contributed by atoms with Gasteiger partial charge in [-0.2, -0.15) is 10.1 Å². The standard InChI is InChI=1S/C8H6Cl2N4O2/c1-4-12-6(13-16-4)3-14-8(15)7(10)5(9)2-11-14/h2H,3H2,1H3. The summed E-state index contributed by atoms with van der Waals surface area (Å²) in [6.45, 7) is 1.74. The van der Waals surface area contributed by atoms with E-state index in [4.69, 9.17) is 27.7 Å². The normalized spacial score (nSPS) is 10.7. The van der Waals surface area contributed by atoms with Crippen LogP contribution in [0.25, 0.3) is 0 Å². The van der Waals surface area contributed by atoms with E-state index in [1.54, 1.807) is 6.92 Å². The van der Waals surface area contributed by atoms with Gasteiger partial charge in [0.25, 0.3) is 5.56 Å². The molecule has 0 aliphatic rings. The molecule has 0 unspecified atom stereocenters. The molecule has 0 aromatic carbocycles. The molecule has 2 heterocycles. The lowest BCUT2D eigenvalue weighted by Crippen LogP contribution is -2.24. The summed E-state index contributed by atoms with van der Waals surface area (Å²) >= 11 is 11.3. The largest absolute Gasteiger partial charge is 0.340 e. The second-order valence-corrected chi connectivity index (χ2v) is 3.78. The van der Waals surface area contributed by atoms with E-state index in [0.29, 0.717) is 11.7 Å². The number of aryl methyl sites for hydroxylation is 1. The van der Waals surface area contributed by atoms with Gasteiger partial charge in [-0.1, -0.05) is 28.4 Å². The zero-order chi connectivity index (χ0) is 11.7. The predicted octanol–water partition coefficient (Wildman–Crippen LogP) is 1.29. The van der Waals surface area contributed by atoms with Crippen LogP contribution in [0.2, 0.25) is 10.0 Å². The first-order valence-corrected chi connectivity index (χ1v) is 5.04. The topological polar surface area (TPSA) is 73.8 Å². The van der Waals surface area contributed by atoms with Crippen molar-refractivity contribution in [3.05, 3.63) is 38.3 Å². The molecule has 0 atom stereocenters. The van der Waals surface area contributed by atoms with Crippen molar-refractivity contribution >= 4 is 23.2 Å². The minimum absolute atomic E-state index is 0.0723. The fraction of sp³-hybridized carbons (Fsp3) is 0.250. The van der Waals surface area contributed by atoms with Crippen LogP contribution < -0.4 is 5.56 Å². The minimum atomic E-state index is -0.489. The van der Waals surface area contributed by atoms with Gasteiger partial charge in [-0.25, -0.2) is 4.68 Å². The highest BCUT2D eigenvalue weighted by Crippen LogP contribution is 2.14. The van der Waals surface area contributed by atoms with Crippen LogP contribution in [0.15, 0.2) is 15.5 Å². The second-order valence-electron chi connectivity index (χ2n) is 3.00. The maximum atomic E-state index is 11.6. The van der Waals surface area contributed by atoms with Crippen LogP contribution >= 0.6 is 23.2 Å². The molecule has 0 aliphatic carbocycles. The summed E-state index contributed by atoms with van der Waals surface area (Å²) in [5.41, 5.74) is -0.489. The van der Waals surface area contributed by atoms with Crippen LogP contribution in [0, 0.1) is 6.92 Å². The lowest BCUT2D eigenvalue weighted by Gasteiger charge is -2.01. The highest BCUT2D eigenvalue weighted by atomic mass is 35.5. The molecular weight excluding hydrogens is 255 g/mol. The van der Waals surface area contributed by atoms with Crippen molar-refractivity contribution in [3.8, 4) is 0 Å². The van der Waals surface area contributed by atoms with Crippen molar-refractivity contribution in [2.24, 2.45) is 0 Å². The minimum Gasteiger partial charge on any atom is -0.340 e. The summed E-state index contributed by atoms with van der Waals surface area (Å²) in [6.07, 6.45) is 1.29. The Morgan fingerprint density at radius 2 is 2.25 bits per heavy atom. The summed E-state index contributed by atoms with van der Waals surface area (Å²) in [7, 11) is 0. The van der Waals surface area contributed by atoms with Gasteiger partial charge in [0.1, 0.15) is 11.6 Å². The van der Waals surface area contributed by atoms with Crippen molar-refractivity contribution in [2.75, 3.05) is 0 Å². The van der Waals surface area contributed by atoms with E-state index < -0.39 is 5.56 Å². The molecule has 2 aromatic rings. The first-order valence-electron chi connectivity index (χ1n) is 4.28. The maximum absolute atomic E-state index is 11.6. The van der Waals surface area contributed by atoms with Gasteiger partial charge >= 0.3 is 0 Å². The summed E-state index contributed by atoms with van der Waals surface area (Å²) in [5.74, 6) is 0.772. The maximum Gasteiger partial charge on any atom is 0.287 e. The van der Waals surface area contributed by atoms with Gasteiger partial charge in [0.05, 0.1) is 11.2 Å². The van der Waals surface area contributed by atoms with Gasteiger partial charge in [-0.05, 0) is 0 Å². The molecule has 8 heteroatoms. The summed E-state index contributed by atoms with van der Waals surface area (Å²) in [6, 6.07) is 0. The molecule has 0 fully saturated rings. The Labute approximate surface area is 99.8 Å². The van der Waals surface area contributed by atoms with Gasteiger partial charge in [0, 0.05) is 6.92 Å². The third-order valence-corrected chi connectivity index (χ3v) is 2.55. The van der Waals surface area contributed by atoms with Gasteiger partial charge in [0.2, 0.25) is 5.89 Å². The van der Waals surface area contributed by atoms with Crippen LogP contribution in [-0.4, -0.2) is 19.9 Å². The predicted molar refractivity (Wildman–Crippen MR) is 56.7 cm³/mol. The molecule has 0 aliphatic heterocycles. The molecule has 0 radical (unpaired) electrons. The zero-order valence-electron chi connectivity index (χ0n) is 8.15. The summed E-state index contributed by atoms with van der Waals surface area (Å²) < 4.78 is 5.88. The van der Waals surface area contributed by atoms with Crippen LogP contribution in [0.4, 0.5) is 0 Å². The van der Waals surface area contributed by atoms with E-state index in [-0.39, 0.29) is 16.6 Å². The van der Waals surface area contributed by atoms with Gasteiger partial charge in [-0.15, -0.1) is 0 Å². The Balaban J connectivity index is 2.36. The first kappa shape index (κ1) is 11.1. The second kappa shape index (κ2) is 4.23. The SMILES string of the molecule is Cc1nc(Cn2ncc(Cl)c(Cl)c2=O)no1. The fourth-order valence-electron chi connectivity index (χ4n) is 1.10. The zero-order valence-corrected chi connectivity index (χ0v) is 9.66. The van der Waals surface area contributed by atoms with Crippen LogP contribution in [0.1, 0.15) is 11.7 Å². The van der Waals surface area contributed by atoms with Gasteiger partial charge in [0.15, 0.2) is 5.82 Å². The molecule has 2 rings (SSSR count). The molecule has 6 nitrogen and oxygen atoms in total. The smallest absolute Gasteiger partial charge is 0.287 e. The monoisotopic (exact) mass is 260 g/mol. The lowest BCUT2D eigenvalue weighted by molar-refractivity contribution is 0.384. The Morgan fingerprint density at radius 1 is 1.50 bits per heavy atom. The number of halogens is 2. The highest BCUT2D eigenvalue weighted by Gasteiger charge is 2.10. The molecule has 0 amide bonds. The molecular formula is C8H6Cl2N4O2. The molecule has 84 valence electrons. The van der Waals surface area contributed by atoms with Crippen molar-refractivity contribution < 1.29 is 4.52 Å². The Kier molecular flexibility index (Phi) is 2.93. The van der Waals surface area contributed by atoms with Gasteiger partial charge in [-0.3, -0.25) is 4.79 Å². The van der Waals surface area contributed by atoms with Crippen LogP contribution in [0.5, 0.6) is 0 Å². The summed E-state index contributed by atoms with van der Waals surface area (Å²) in [5, 5.41) is 7.50. The number of nitrogens with zero attached hydrogens (tertiary/aromatic N) is 4. The van der Waals surface area contributed by atoms with Crippen molar-refractivity contribution in [1.29, 1.82) is 0 Å². The Morgan fingerprint density at radius 3 is 2.88 bits per heavy atom. The quantitative estimate of drug-likeness (QED) is 0.814. The number of aromatic nitrogens is 4. The number of hydrogen-bond donors (Lipinski definition) is 0. The van der Waals surface area contributed by atoms with Crippen molar-refractivity contribution in [2.45, 2.75) is 13.5 Å². The molecule has 0 saturated carbocycles. The highest BCUT2D eigenvalue weighted by molar-refractivity contribution is 6.41.